The molecule has 1 aromatic carbocycles. The van der Waals surface area contributed by atoms with Crippen LogP contribution in [0.2, 0.25) is 0 Å². The maximum absolute atomic E-state index is 5.77. The van der Waals surface area contributed by atoms with Gasteiger partial charge in [-0.2, -0.15) is 0 Å². The highest BCUT2D eigenvalue weighted by Gasteiger charge is 2.11. The van der Waals surface area contributed by atoms with Gasteiger partial charge in [-0.25, -0.2) is 0 Å². The van der Waals surface area contributed by atoms with Crippen molar-refractivity contribution in [3.05, 3.63) is 40.6 Å². The average molecular weight is 517 g/mol. The molecule has 2 aromatic rings. The molecular formula is C20H28IN3O3S. The third kappa shape index (κ3) is 7.48. The Labute approximate surface area is 187 Å². The lowest BCUT2D eigenvalue weighted by molar-refractivity contribution is 0.156. The van der Waals surface area contributed by atoms with E-state index in [0.29, 0.717) is 33.0 Å². The summed E-state index contributed by atoms with van der Waals surface area (Å²) in [6, 6.07) is 10.1. The Morgan fingerprint density at radius 3 is 2.86 bits per heavy atom. The molecule has 0 saturated heterocycles. The molecule has 1 aliphatic rings. The van der Waals surface area contributed by atoms with Crippen molar-refractivity contribution in [2.45, 2.75) is 19.8 Å². The molecule has 0 atom stereocenters. The van der Waals surface area contributed by atoms with Gasteiger partial charge < -0.3 is 24.8 Å². The molecule has 1 aliphatic heterocycles. The molecule has 154 valence electrons. The Bertz CT molecular complexity index is 725. The number of ether oxygens (including phenoxy) is 3. The van der Waals surface area contributed by atoms with E-state index in [1.807, 2.05) is 25.1 Å². The zero-order valence-electron chi connectivity index (χ0n) is 16.1. The molecule has 0 bridgehead atoms. The molecule has 0 aliphatic carbocycles. The van der Waals surface area contributed by atoms with Crippen LogP contribution in [0, 0.1) is 0 Å². The molecule has 8 heteroatoms. The van der Waals surface area contributed by atoms with Crippen molar-refractivity contribution >= 4 is 47.0 Å². The summed E-state index contributed by atoms with van der Waals surface area (Å²) in [6.07, 6.45) is 1.86. The Hall–Kier alpha value is -1.52. The molecule has 0 spiro atoms. The van der Waals surface area contributed by atoms with Crippen LogP contribution in [-0.2, 0) is 11.2 Å². The number of benzene rings is 1. The van der Waals surface area contributed by atoms with Gasteiger partial charge in [0, 0.05) is 36.2 Å². The second-order valence-electron chi connectivity index (χ2n) is 6.02. The highest BCUT2D eigenvalue weighted by Crippen LogP contribution is 2.32. The van der Waals surface area contributed by atoms with E-state index < -0.39 is 0 Å². The SMILES string of the molecule is CCOCCN=C(NCCc1cccs1)Nc1ccc2c(c1)OCCCO2.I. The number of fused-ring (bicyclic) bond motifs is 1. The average Bonchev–Trinajstić information content (AvgIpc) is 3.09. The quantitative estimate of drug-likeness (QED) is 0.238. The topological polar surface area (TPSA) is 64.1 Å². The maximum atomic E-state index is 5.77. The van der Waals surface area contributed by atoms with Crippen molar-refractivity contribution in [2.75, 3.05) is 44.8 Å². The van der Waals surface area contributed by atoms with E-state index in [4.69, 9.17) is 14.2 Å². The fraction of sp³-hybridized carbons (Fsp3) is 0.450. The fourth-order valence-electron chi connectivity index (χ4n) is 2.64. The molecule has 0 radical (unpaired) electrons. The van der Waals surface area contributed by atoms with Crippen molar-refractivity contribution in [3.8, 4) is 11.5 Å². The number of anilines is 1. The number of hydrogen-bond donors (Lipinski definition) is 2. The second-order valence-corrected chi connectivity index (χ2v) is 7.05. The highest BCUT2D eigenvalue weighted by atomic mass is 127. The summed E-state index contributed by atoms with van der Waals surface area (Å²) >= 11 is 1.77. The van der Waals surface area contributed by atoms with Crippen LogP contribution < -0.4 is 20.1 Å². The molecule has 0 amide bonds. The van der Waals surface area contributed by atoms with E-state index in [1.165, 1.54) is 4.88 Å². The number of halogens is 1. The number of guanidine groups is 1. The van der Waals surface area contributed by atoms with Gasteiger partial charge in [-0.05, 0) is 36.9 Å². The van der Waals surface area contributed by atoms with Crippen molar-refractivity contribution in [1.82, 2.24) is 5.32 Å². The van der Waals surface area contributed by atoms with Gasteiger partial charge in [0.25, 0.3) is 0 Å². The molecule has 0 saturated carbocycles. The minimum atomic E-state index is 0. The van der Waals surface area contributed by atoms with E-state index in [-0.39, 0.29) is 24.0 Å². The lowest BCUT2D eigenvalue weighted by Gasteiger charge is -2.14. The molecule has 2 N–H and O–H groups in total. The molecule has 6 nitrogen and oxygen atoms in total. The second kappa shape index (κ2) is 12.8. The molecule has 0 fully saturated rings. The fourth-order valence-corrected chi connectivity index (χ4v) is 3.35. The van der Waals surface area contributed by atoms with Gasteiger partial charge in [-0.15, -0.1) is 35.3 Å². The normalized spacial score (nSPS) is 13.4. The maximum Gasteiger partial charge on any atom is 0.195 e. The zero-order chi connectivity index (χ0) is 18.7. The van der Waals surface area contributed by atoms with Gasteiger partial charge in [0.1, 0.15) is 0 Å². The number of thiophene rings is 1. The van der Waals surface area contributed by atoms with Gasteiger partial charge in [-0.1, -0.05) is 6.07 Å². The zero-order valence-corrected chi connectivity index (χ0v) is 19.3. The number of aliphatic imine (C=N–C) groups is 1. The minimum absolute atomic E-state index is 0. The molecule has 2 heterocycles. The van der Waals surface area contributed by atoms with E-state index in [0.717, 1.165) is 42.5 Å². The lowest BCUT2D eigenvalue weighted by Crippen LogP contribution is -2.32. The number of nitrogens with zero attached hydrogens (tertiary/aromatic N) is 1. The molecule has 1 aromatic heterocycles. The third-order valence-electron chi connectivity index (χ3n) is 3.96. The predicted octanol–water partition coefficient (Wildman–Crippen LogP) is 4.16. The largest absolute Gasteiger partial charge is 0.490 e. The van der Waals surface area contributed by atoms with E-state index in [1.54, 1.807) is 11.3 Å². The number of rotatable bonds is 8. The minimum Gasteiger partial charge on any atom is -0.490 e. The first-order chi connectivity index (χ1) is 13.3. The summed E-state index contributed by atoms with van der Waals surface area (Å²) in [5.41, 5.74) is 0.915. The van der Waals surface area contributed by atoms with Gasteiger partial charge >= 0.3 is 0 Å². The van der Waals surface area contributed by atoms with Gasteiger partial charge in [0.15, 0.2) is 17.5 Å². The van der Waals surface area contributed by atoms with Crippen LogP contribution in [-0.4, -0.2) is 45.5 Å². The summed E-state index contributed by atoms with van der Waals surface area (Å²) in [7, 11) is 0. The van der Waals surface area contributed by atoms with Crippen molar-refractivity contribution in [1.29, 1.82) is 0 Å². The first-order valence-corrected chi connectivity index (χ1v) is 10.3. The van der Waals surface area contributed by atoms with E-state index in [2.05, 4.69) is 33.1 Å². The van der Waals surface area contributed by atoms with Crippen molar-refractivity contribution in [3.63, 3.8) is 0 Å². The van der Waals surface area contributed by atoms with Crippen LogP contribution in [0.25, 0.3) is 0 Å². The van der Waals surface area contributed by atoms with Crippen LogP contribution in [0.4, 0.5) is 5.69 Å². The van der Waals surface area contributed by atoms with Gasteiger partial charge in [0.05, 0.1) is 26.4 Å². The van der Waals surface area contributed by atoms with E-state index in [9.17, 15) is 0 Å². The Kier molecular flexibility index (Phi) is 10.4. The smallest absolute Gasteiger partial charge is 0.195 e. The van der Waals surface area contributed by atoms with Crippen LogP contribution in [0.3, 0.4) is 0 Å². The summed E-state index contributed by atoms with van der Waals surface area (Å²) in [5.74, 6) is 2.30. The standard InChI is InChI=1S/C20H27N3O3S.HI/c1-2-24-13-10-22-20(21-9-8-17-5-3-14-27-17)23-16-6-7-18-19(15-16)26-12-4-11-25-18;/h3,5-7,14-15H,2,4,8-13H2,1H3,(H2,21,22,23);1H. The lowest BCUT2D eigenvalue weighted by atomic mass is 10.2. The monoisotopic (exact) mass is 517 g/mol. The Balaban J connectivity index is 0.00000280. The van der Waals surface area contributed by atoms with Crippen LogP contribution >= 0.6 is 35.3 Å². The van der Waals surface area contributed by atoms with Gasteiger partial charge in [-0.3, -0.25) is 4.99 Å². The first kappa shape index (κ1) is 22.8. The van der Waals surface area contributed by atoms with E-state index >= 15 is 0 Å². The molecule has 0 unspecified atom stereocenters. The van der Waals surface area contributed by atoms with Crippen LogP contribution in [0.1, 0.15) is 18.2 Å². The highest BCUT2D eigenvalue weighted by molar-refractivity contribution is 14.0. The van der Waals surface area contributed by atoms with Crippen molar-refractivity contribution in [2.24, 2.45) is 4.99 Å². The molecular weight excluding hydrogens is 489 g/mol. The Morgan fingerprint density at radius 2 is 2.07 bits per heavy atom. The first-order valence-electron chi connectivity index (χ1n) is 9.40. The summed E-state index contributed by atoms with van der Waals surface area (Å²) < 4.78 is 16.9. The number of nitrogens with one attached hydrogen (secondary N) is 2. The summed E-state index contributed by atoms with van der Waals surface area (Å²) in [4.78, 5) is 5.96. The Morgan fingerprint density at radius 1 is 1.21 bits per heavy atom. The number of hydrogen-bond acceptors (Lipinski definition) is 5. The third-order valence-corrected chi connectivity index (χ3v) is 4.90. The summed E-state index contributed by atoms with van der Waals surface area (Å²) in [6.45, 7) is 6.07. The van der Waals surface area contributed by atoms with Gasteiger partial charge in [0.2, 0.25) is 0 Å². The molecule has 3 rings (SSSR count). The van der Waals surface area contributed by atoms with Crippen LogP contribution in [0.15, 0.2) is 40.7 Å². The van der Waals surface area contributed by atoms with Crippen molar-refractivity contribution < 1.29 is 14.2 Å². The molecule has 28 heavy (non-hydrogen) atoms. The summed E-state index contributed by atoms with van der Waals surface area (Å²) in [5, 5.41) is 8.85. The van der Waals surface area contributed by atoms with Crippen LogP contribution in [0.5, 0.6) is 11.5 Å². The predicted molar refractivity (Wildman–Crippen MR) is 126 cm³/mol.